The lowest BCUT2D eigenvalue weighted by atomic mass is 10.1. The van der Waals surface area contributed by atoms with Crippen molar-refractivity contribution >= 4 is 5.78 Å². The molecule has 0 fully saturated rings. The van der Waals surface area contributed by atoms with Crippen LogP contribution in [0.1, 0.15) is 36.7 Å². The van der Waals surface area contributed by atoms with Crippen molar-refractivity contribution in [2.24, 2.45) is 5.92 Å². The van der Waals surface area contributed by atoms with Gasteiger partial charge < -0.3 is 4.52 Å². The van der Waals surface area contributed by atoms with Crippen LogP contribution >= 0.6 is 0 Å². The van der Waals surface area contributed by atoms with Gasteiger partial charge in [0.25, 0.3) is 0 Å². The average Bonchev–Trinajstić information content (AvgIpc) is 2.79. The number of hydrogen-bond acceptors (Lipinski definition) is 4. The number of aromatic nitrogens is 2. The largest absolute Gasteiger partial charge is 0.339 e. The van der Waals surface area contributed by atoms with Gasteiger partial charge in [0.2, 0.25) is 5.89 Å². The minimum atomic E-state index is -0.00767. The van der Waals surface area contributed by atoms with Crippen LogP contribution in [0.5, 0.6) is 0 Å². The highest BCUT2D eigenvalue weighted by Gasteiger charge is 2.14. The summed E-state index contributed by atoms with van der Waals surface area (Å²) in [5.41, 5.74) is 2.37. The molecule has 0 saturated carbocycles. The zero-order valence-corrected chi connectivity index (χ0v) is 11.5. The molecule has 0 amide bonds. The molecule has 0 radical (unpaired) electrons. The van der Waals surface area contributed by atoms with Crippen LogP contribution in [0.3, 0.4) is 0 Å². The van der Waals surface area contributed by atoms with Gasteiger partial charge >= 0.3 is 0 Å². The number of Topliss-reactive ketones (excluding diaryl/α,β-unsaturated/α-hetero) is 1. The van der Waals surface area contributed by atoms with E-state index in [0.29, 0.717) is 18.1 Å². The Kier molecular flexibility index (Phi) is 4.10. The highest BCUT2D eigenvalue weighted by molar-refractivity contribution is 5.81. The van der Waals surface area contributed by atoms with Gasteiger partial charge in [0.05, 0.1) is 6.42 Å². The number of hydrogen-bond donors (Lipinski definition) is 0. The molecule has 0 spiro atoms. The number of carbonyl (C=O) groups excluding carboxylic acids is 1. The highest BCUT2D eigenvalue weighted by atomic mass is 16.5. The van der Waals surface area contributed by atoms with E-state index < -0.39 is 0 Å². The van der Waals surface area contributed by atoms with Crippen molar-refractivity contribution in [1.82, 2.24) is 10.1 Å². The molecule has 1 heterocycles. The van der Waals surface area contributed by atoms with Gasteiger partial charge in [-0.05, 0) is 18.1 Å². The predicted molar refractivity (Wildman–Crippen MR) is 71.8 cm³/mol. The molecule has 0 N–H and O–H groups in total. The van der Waals surface area contributed by atoms with Gasteiger partial charge in [-0.25, -0.2) is 0 Å². The molecule has 0 atom stereocenters. The molecule has 2 rings (SSSR count). The molecular formula is C15H18N2O2. The van der Waals surface area contributed by atoms with E-state index in [1.807, 2.05) is 32.0 Å². The summed E-state index contributed by atoms with van der Waals surface area (Å²) in [5.74, 6) is 1.14. The lowest BCUT2D eigenvalue weighted by Crippen LogP contribution is -2.10. The molecule has 0 aliphatic heterocycles. The zero-order valence-electron chi connectivity index (χ0n) is 11.5. The topological polar surface area (TPSA) is 56.0 Å². The van der Waals surface area contributed by atoms with Crippen LogP contribution in [0.2, 0.25) is 0 Å². The molecule has 0 aliphatic carbocycles. The Morgan fingerprint density at radius 1 is 1.32 bits per heavy atom. The lowest BCUT2D eigenvalue weighted by molar-refractivity contribution is -0.121. The predicted octanol–water partition coefficient (Wildman–Crippen LogP) is 2.74. The van der Waals surface area contributed by atoms with Crippen LogP contribution in [-0.4, -0.2) is 15.9 Å². The molecule has 0 saturated heterocycles. The Morgan fingerprint density at radius 3 is 2.74 bits per heavy atom. The maximum Gasteiger partial charge on any atom is 0.234 e. The quantitative estimate of drug-likeness (QED) is 0.827. The Morgan fingerprint density at radius 2 is 2.05 bits per heavy atom. The van der Waals surface area contributed by atoms with E-state index in [-0.39, 0.29) is 18.1 Å². The van der Waals surface area contributed by atoms with E-state index in [4.69, 9.17) is 4.52 Å². The van der Waals surface area contributed by atoms with Gasteiger partial charge in [-0.2, -0.15) is 4.98 Å². The van der Waals surface area contributed by atoms with Crippen molar-refractivity contribution in [2.45, 2.75) is 33.6 Å². The van der Waals surface area contributed by atoms with Crippen LogP contribution in [0.25, 0.3) is 0 Å². The van der Waals surface area contributed by atoms with Crippen molar-refractivity contribution in [3.63, 3.8) is 0 Å². The standard InChI is InChI=1S/C15H18N2O2/c1-10(2)13(18)9-15-16-14(17-19-15)8-12-7-5-4-6-11(12)3/h4-7,10H,8-9H2,1-3H3. The summed E-state index contributed by atoms with van der Waals surface area (Å²) < 4.78 is 5.12. The molecule has 0 bridgehead atoms. The molecule has 100 valence electrons. The monoisotopic (exact) mass is 258 g/mol. The first-order valence-electron chi connectivity index (χ1n) is 6.45. The molecular weight excluding hydrogens is 240 g/mol. The van der Waals surface area contributed by atoms with Crippen molar-refractivity contribution in [2.75, 3.05) is 0 Å². The van der Waals surface area contributed by atoms with Crippen molar-refractivity contribution in [3.8, 4) is 0 Å². The van der Waals surface area contributed by atoms with E-state index >= 15 is 0 Å². The summed E-state index contributed by atoms with van der Waals surface area (Å²) in [6.45, 7) is 5.79. The third kappa shape index (κ3) is 3.50. The lowest BCUT2D eigenvalue weighted by Gasteiger charge is -2.01. The van der Waals surface area contributed by atoms with E-state index in [0.717, 1.165) is 0 Å². The fraction of sp³-hybridized carbons (Fsp3) is 0.400. The maximum absolute atomic E-state index is 11.6. The Bertz CT molecular complexity index is 573. The molecule has 2 aromatic rings. The molecule has 4 heteroatoms. The molecule has 19 heavy (non-hydrogen) atoms. The first kappa shape index (κ1) is 13.5. The first-order chi connectivity index (χ1) is 9.06. The zero-order chi connectivity index (χ0) is 13.8. The van der Waals surface area contributed by atoms with Gasteiger partial charge in [0.15, 0.2) is 5.82 Å². The van der Waals surface area contributed by atoms with E-state index in [1.54, 1.807) is 0 Å². The summed E-state index contributed by atoms with van der Waals surface area (Å²) in [5, 5.41) is 3.93. The third-order valence-electron chi connectivity index (χ3n) is 3.09. The summed E-state index contributed by atoms with van der Waals surface area (Å²) >= 11 is 0. The Balaban J connectivity index is 2.06. The highest BCUT2D eigenvalue weighted by Crippen LogP contribution is 2.12. The van der Waals surface area contributed by atoms with Crippen molar-refractivity contribution < 1.29 is 9.32 Å². The number of ketones is 1. The fourth-order valence-corrected chi connectivity index (χ4v) is 1.77. The van der Waals surface area contributed by atoms with E-state index in [2.05, 4.69) is 23.1 Å². The second-order valence-corrected chi connectivity index (χ2v) is 5.01. The number of aryl methyl sites for hydroxylation is 1. The van der Waals surface area contributed by atoms with Crippen LogP contribution in [0.4, 0.5) is 0 Å². The normalized spacial score (nSPS) is 10.9. The second kappa shape index (κ2) is 5.78. The Hall–Kier alpha value is -1.97. The number of carbonyl (C=O) groups is 1. The summed E-state index contributed by atoms with van der Waals surface area (Å²) in [4.78, 5) is 15.9. The van der Waals surface area contributed by atoms with Crippen molar-refractivity contribution in [3.05, 3.63) is 47.1 Å². The number of benzene rings is 1. The first-order valence-corrected chi connectivity index (χ1v) is 6.45. The number of nitrogens with zero attached hydrogens (tertiary/aromatic N) is 2. The SMILES string of the molecule is Cc1ccccc1Cc1noc(CC(=O)C(C)C)n1. The molecule has 1 aromatic carbocycles. The summed E-state index contributed by atoms with van der Waals surface area (Å²) in [7, 11) is 0. The van der Waals surface area contributed by atoms with Crippen molar-refractivity contribution in [1.29, 1.82) is 0 Å². The molecule has 1 aromatic heterocycles. The van der Waals surface area contributed by atoms with Gasteiger partial charge in [0.1, 0.15) is 5.78 Å². The van der Waals surface area contributed by atoms with E-state index in [9.17, 15) is 4.79 Å². The summed E-state index contributed by atoms with van der Waals surface area (Å²) in [6, 6.07) is 8.09. The van der Waals surface area contributed by atoms with Gasteiger partial charge in [0, 0.05) is 12.3 Å². The van der Waals surface area contributed by atoms with E-state index in [1.165, 1.54) is 11.1 Å². The third-order valence-corrected chi connectivity index (χ3v) is 3.09. The number of rotatable bonds is 5. The van der Waals surface area contributed by atoms with Crippen LogP contribution in [0, 0.1) is 12.8 Å². The summed E-state index contributed by atoms with van der Waals surface area (Å²) in [6.07, 6.45) is 0.852. The van der Waals surface area contributed by atoms with Crippen LogP contribution in [-0.2, 0) is 17.6 Å². The molecule has 0 aliphatic rings. The molecule has 0 unspecified atom stereocenters. The van der Waals surface area contributed by atoms with Gasteiger partial charge in [-0.1, -0.05) is 43.3 Å². The van der Waals surface area contributed by atoms with Crippen LogP contribution in [0.15, 0.2) is 28.8 Å². The smallest absolute Gasteiger partial charge is 0.234 e. The maximum atomic E-state index is 11.6. The molecule has 4 nitrogen and oxygen atoms in total. The van der Waals surface area contributed by atoms with Crippen LogP contribution < -0.4 is 0 Å². The fourth-order valence-electron chi connectivity index (χ4n) is 1.77. The minimum absolute atomic E-state index is 0.00767. The van der Waals surface area contributed by atoms with Gasteiger partial charge in [-0.15, -0.1) is 0 Å². The second-order valence-electron chi connectivity index (χ2n) is 5.01. The average molecular weight is 258 g/mol. The Labute approximate surface area is 112 Å². The van der Waals surface area contributed by atoms with Gasteiger partial charge in [-0.3, -0.25) is 4.79 Å². The minimum Gasteiger partial charge on any atom is -0.339 e.